The molecule has 0 heterocycles. The average molecular weight is 260 g/mol. The monoisotopic (exact) mass is 260 g/mol. The second-order valence-electron chi connectivity index (χ2n) is 5.84. The van der Waals surface area contributed by atoms with E-state index in [1.165, 1.54) is 44.2 Å². The summed E-state index contributed by atoms with van der Waals surface area (Å²) in [5.41, 5.74) is 7.95. The molecule has 0 aromatic heterocycles. The van der Waals surface area contributed by atoms with Gasteiger partial charge in [-0.1, -0.05) is 53.6 Å². The Balaban J connectivity index is 2.26. The van der Waals surface area contributed by atoms with E-state index in [4.69, 9.17) is 0 Å². The van der Waals surface area contributed by atoms with Gasteiger partial charge in [0, 0.05) is 0 Å². The molecule has 0 bridgehead atoms. The fourth-order valence-electron chi connectivity index (χ4n) is 2.92. The minimum atomic E-state index is 1.29. The summed E-state index contributed by atoms with van der Waals surface area (Å²) in [6, 6.07) is 17.9. The summed E-state index contributed by atoms with van der Waals surface area (Å²) in [7, 11) is 0. The zero-order chi connectivity index (χ0) is 14.3. The highest BCUT2D eigenvalue weighted by Crippen LogP contribution is 2.30. The van der Waals surface area contributed by atoms with Crippen LogP contribution in [0.4, 0.5) is 0 Å². The van der Waals surface area contributed by atoms with Crippen molar-refractivity contribution in [3.8, 4) is 11.1 Å². The van der Waals surface area contributed by atoms with E-state index in [-0.39, 0.29) is 0 Å². The zero-order valence-corrected chi connectivity index (χ0v) is 12.6. The molecule has 0 heteroatoms. The number of fused-ring (bicyclic) bond motifs is 1. The van der Waals surface area contributed by atoms with Crippen LogP contribution in [0.3, 0.4) is 0 Å². The van der Waals surface area contributed by atoms with Gasteiger partial charge in [0.05, 0.1) is 0 Å². The SMILES string of the molecule is Cc1ccc(-c2cc(C)c3cc(C)cc(C)c3c2)cc1. The Hall–Kier alpha value is -2.08. The van der Waals surface area contributed by atoms with E-state index in [2.05, 4.69) is 76.2 Å². The van der Waals surface area contributed by atoms with Crippen LogP contribution in [0.15, 0.2) is 48.5 Å². The van der Waals surface area contributed by atoms with Gasteiger partial charge in [0.25, 0.3) is 0 Å². The van der Waals surface area contributed by atoms with Gasteiger partial charge in [-0.05, 0) is 66.8 Å². The number of rotatable bonds is 1. The Labute approximate surface area is 121 Å². The molecule has 0 nitrogen and oxygen atoms in total. The largest absolute Gasteiger partial charge is 0.0587 e. The van der Waals surface area contributed by atoms with Gasteiger partial charge in [-0.2, -0.15) is 0 Å². The Kier molecular flexibility index (Phi) is 3.10. The van der Waals surface area contributed by atoms with Crippen molar-refractivity contribution >= 4 is 10.8 Å². The van der Waals surface area contributed by atoms with Crippen LogP contribution >= 0.6 is 0 Å². The Bertz CT molecular complexity index is 777. The predicted molar refractivity (Wildman–Crippen MR) is 88.3 cm³/mol. The zero-order valence-electron chi connectivity index (χ0n) is 12.6. The molecule has 20 heavy (non-hydrogen) atoms. The van der Waals surface area contributed by atoms with Crippen LogP contribution in [0.1, 0.15) is 22.3 Å². The minimum absolute atomic E-state index is 1.29. The maximum atomic E-state index is 2.32. The van der Waals surface area contributed by atoms with E-state index in [1.54, 1.807) is 0 Å². The molecule has 0 aliphatic carbocycles. The normalized spacial score (nSPS) is 11.0. The minimum Gasteiger partial charge on any atom is -0.0587 e. The first-order valence-electron chi connectivity index (χ1n) is 7.13. The van der Waals surface area contributed by atoms with Gasteiger partial charge >= 0.3 is 0 Å². The standard InChI is InChI=1S/C20H20/c1-13-5-7-17(8-6-13)18-11-16(4)19-10-14(2)9-15(3)20(19)12-18/h5-12H,1-4H3. The molecule has 0 aliphatic rings. The summed E-state index contributed by atoms with van der Waals surface area (Å²) >= 11 is 0. The van der Waals surface area contributed by atoms with E-state index in [0.29, 0.717) is 0 Å². The molecule has 3 aromatic carbocycles. The maximum Gasteiger partial charge on any atom is -0.0146 e. The van der Waals surface area contributed by atoms with E-state index in [9.17, 15) is 0 Å². The molecule has 0 unspecified atom stereocenters. The van der Waals surface area contributed by atoms with E-state index < -0.39 is 0 Å². The first-order chi connectivity index (χ1) is 9.54. The summed E-state index contributed by atoms with van der Waals surface area (Å²) in [5.74, 6) is 0. The second kappa shape index (κ2) is 4.79. The lowest BCUT2D eigenvalue weighted by Gasteiger charge is -2.11. The molecule has 3 aromatic rings. The van der Waals surface area contributed by atoms with Crippen molar-refractivity contribution in [2.75, 3.05) is 0 Å². The van der Waals surface area contributed by atoms with Crippen molar-refractivity contribution in [3.05, 3.63) is 70.8 Å². The molecule has 0 spiro atoms. The smallest absolute Gasteiger partial charge is 0.0146 e. The number of aryl methyl sites for hydroxylation is 4. The predicted octanol–water partition coefficient (Wildman–Crippen LogP) is 5.74. The van der Waals surface area contributed by atoms with Crippen LogP contribution in [-0.4, -0.2) is 0 Å². The fourth-order valence-corrected chi connectivity index (χ4v) is 2.92. The highest BCUT2D eigenvalue weighted by molar-refractivity contribution is 5.93. The lowest BCUT2D eigenvalue weighted by Crippen LogP contribution is -1.88. The summed E-state index contributed by atoms with van der Waals surface area (Å²) < 4.78 is 0. The number of hydrogen-bond acceptors (Lipinski definition) is 0. The Morgan fingerprint density at radius 1 is 0.500 bits per heavy atom. The van der Waals surface area contributed by atoms with Crippen molar-refractivity contribution in [2.24, 2.45) is 0 Å². The second-order valence-corrected chi connectivity index (χ2v) is 5.84. The quantitative estimate of drug-likeness (QED) is 0.523. The molecule has 0 amide bonds. The third-order valence-electron chi connectivity index (χ3n) is 4.01. The summed E-state index contributed by atoms with van der Waals surface area (Å²) in [4.78, 5) is 0. The highest BCUT2D eigenvalue weighted by Gasteiger charge is 2.06. The third-order valence-corrected chi connectivity index (χ3v) is 4.01. The molecule has 3 rings (SSSR count). The first kappa shape index (κ1) is 12.9. The molecular weight excluding hydrogens is 240 g/mol. The van der Waals surface area contributed by atoms with Gasteiger partial charge in [-0.25, -0.2) is 0 Å². The first-order valence-corrected chi connectivity index (χ1v) is 7.13. The third kappa shape index (κ3) is 2.22. The molecule has 0 saturated carbocycles. The average Bonchev–Trinajstić information content (AvgIpc) is 2.40. The van der Waals surface area contributed by atoms with Crippen molar-refractivity contribution in [2.45, 2.75) is 27.7 Å². The van der Waals surface area contributed by atoms with Gasteiger partial charge in [-0.3, -0.25) is 0 Å². The van der Waals surface area contributed by atoms with Gasteiger partial charge < -0.3 is 0 Å². The molecule has 0 N–H and O–H groups in total. The van der Waals surface area contributed by atoms with Crippen LogP contribution in [0.25, 0.3) is 21.9 Å². The van der Waals surface area contributed by atoms with Gasteiger partial charge in [-0.15, -0.1) is 0 Å². The summed E-state index contributed by atoms with van der Waals surface area (Å²) in [6.07, 6.45) is 0. The topological polar surface area (TPSA) is 0 Å². The van der Waals surface area contributed by atoms with Crippen molar-refractivity contribution in [1.82, 2.24) is 0 Å². The van der Waals surface area contributed by atoms with Gasteiger partial charge in [0.2, 0.25) is 0 Å². The van der Waals surface area contributed by atoms with Crippen LogP contribution in [-0.2, 0) is 0 Å². The van der Waals surface area contributed by atoms with E-state index in [1.807, 2.05) is 0 Å². The molecule has 0 aliphatic heterocycles. The van der Waals surface area contributed by atoms with Crippen LogP contribution < -0.4 is 0 Å². The number of hydrogen-bond donors (Lipinski definition) is 0. The molecule has 100 valence electrons. The number of benzene rings is 3. The van der Waals surface area contributed by atoms with Crippen molar-refractivity contribution in [3.63, 3.8) is 0 Å². The maximum absolute atomic E-state index is 2.32. The highest BCUT2D eigenvalue weighted by atomic mass is 14.1. The van der Waals surface area contributed by atoms with E-state index >= 15 is 0 Å². The van der Waals surface area contributed by atoms with Gasteiger partial charge in [0.1, 0.15) is 0 Å². The summed E-state index contributed by atoms with van der Waals surface area (Å²) in [6.45, 7) is 8.70. The van der Waals surface area contributed by atoms with Crippen LogP contribution in [0, 0.1) is 27.7 Å². The van der Waals surface area contributed by atoms with Crippen molar-refractivity contribution < 1.29 is 0 Å². The van der Waals surface area contributed by atoms with Gasteiger partial charge in [0.15, 0.2) is 0 Å². The molecular formula is C20H20. The molecule has 0 fully saturated rings. The van der Waals surface area contributed by atoms with Crippen LogP contribution in [0.5, 0.6) is 0 Å². The lowest BCUT2D eigenvalue weighted by molar-refractivity contribution is 1.41. The molecule has 0 radical (unpaired) electrons. The van der Waals surface area contributed by atoms with Crippen LogP contribution in [0.2, 0.25) is 0 Å². The molecule has 0 atom stereocenters. The molecule has 0 saturated heterocycles. The summed E-state index contributed by atoms with van der Waals surface area (Å²) in [5, 5.41) is 2.74. The fraction of sp³-hybridized carbons (Fsp3) is 0.200. The Morgan fingerprint density at radius 2 is 1.10 bits per heavy atom. The van der Waals surface area contributed by atoms with E-state index in [0.717, 1.165) is 0 Å². The Morgan fingerprint density at radius 3 is 1.80 bits per heavy atom. The lowest BCUT2D eigenvalue weighted by atomic mass is 9.93. The van der Waals surface area contributed by atoms with Crippen molar-refractivity contribution in [1.29, 1.82) is 0 Å².